The minimum atomic E-state index is 0.591. The molecule has 0 aliphatic rings. The van der Waals surface area contributed by atoms with Gasteiger partial charge in [0, 0.05) is 15.8 Å². The molecule has 0 unspecified atom stereocenters. The molecule has 0 aliphatic carbocycles. The van der Waals surface area contributed by atoms with E-state index < -0.39 is 0 Å². The molecule has 0 saturated carbocycles. The molecule has 0 aliphatic heterocycles. The molecule has 3 rings (SSSR count). The van der Waals surface area contributed by atoms with Gasteiger partial charge in [-0.1, -0.05) is 11.6 Å². The first-order chi connectivity index (χ1) is 9.72. The highest BCUT2D eigenvalue weighted by Gasteiger charge is 2.11. The number of hydrogen-bond donors (Lipinski definition) is 0. The molecule has 102 valence electrons. The summed E-state index contributed by atoms with van der Waals surface area (Å²) in [4.78, 5) is 4.64. The maximum Gasteiger partial charge on any atom is 0.138 e. The lowest BCUT2D eigenvalue weighted by molar-refractivity contribution is 0.348. The summed E-state index contributed by atoms with van der Waals surface area (Å²) in [6.07, 6.45) is 0. The monoisotopic (exact) mass is 287 g/mol. The van der Waals surface area contributed by atoms with Crippen molar-refractivity contribution in [1.82, 2.24) is 4.98 Å². The summed E-state index contributed by atoms with van der Waals surface area (Å²) in [6.45, 7) is 2.56. The van der Waals surface area contributed by atoms with Crippen molar-refractivity contribution in [3.8, 4) is 11.5 Å². The molecular formula is C16H14ClNO2. The van der Waals surface area contributed by atoms with Crippen molar-refractivity contribution in [3.05, 3.63) is 41.4 Å². The van der Waals surface area contributed by atoms with Crippen LogP contribution in [-0.4, -0.2) is 18.7 Å². The lowest BCUT2D eigenvalue weighted by Gasteiger charge is -2.12. The van der Waals surface area contributed by atoms with E-state index >= 15 is 0 Å². The smallest absolute Gasteiger partial charge is 0.138 e. The molecule has 20 heavy (non-hydrogen) atoms. The molecule has 0 N–H and O–H groups in total. The van der Waals surface area contributed by atoms with Gasteiger partial charge in [0.1, 0.15) is 11.5 Å². The quantitative estimate of drug-likeness (QED) is 0.667. The first-order valence-electron chi connectivity index (χ1n) is 6.42. The number of aromatic nitrogens is 1. The van der Waals surface area contributed by atoms with E-state index in [9.17, 15) is 0 Å². The number of nitrogens with zero attached hydrogens (tertiary/aromatic N) is 1. The Labute approximate surface area is 122 Å². The summed E-state index contributed by atoms with van der Waals surface area (Å²) in [5.41, 5.74) is 1.70. The maximum absolute atomic E-state index is 6.05. The molecule has 1 aromatic heterocycles. The lowest BCUT2D eigenvalue weighted by atomic mass is 10.1. The highest BCUT2D eigenvalue weighted by molar-refractivity contribution is 6.31. The van der Waals surface area contributed by atoms with Crippen LogP contribution in [0.1, 0.15) is 6.92 Å². The second kappa shape index (κ2) is 5.17. The fraction of sp³-hybridized carbons (Fsp3) is 0.188. The third-order valence-electron chi connectivity index (χ3n) is 3.18. The number of rotatable bonds is 3. The van der Waals surface area contributed by atoms with Gasteiger partial charge >= 0.3 is 0 Å². The summed E-state index contributed by atoms with van der Waals surface area (Å²) in [7, 11) is 1.65. The molecule has 3 aromatic rings. The number of pyridine rings is 1. The summed E-state index contributed by atoms with van der Waals surface area (Å²) >= 11 is 6.05. The SMILES string of the molecule is CCOc1c2ccc(Cl)cc2nc2ccc(OC)cc12. The van der Waals surface area contributed by atoms with E-state index in [1.807, 2.05) is 43.3 Å². The fourth-order valence-electron chi connectivity index (χ4n) is 2.29. The topological polar surface area (TPSA) is 31.4 Å². The second-order valence-electron chi connectivity index (χ2n) is 4.42. The Morgan fingerprint density at radius 2 is 1.90 bits per heavy atom. The van der Waals surface area contributed by atoms with E-state index in [1.54, 1.807) is 7.11 Å². The van der Waals surface area contributed by atoms with Gasteiger partial charge in [-0.3, -0.25) is 0 Å². The van der Waals surface area contributed by atoms with E-state index in [-0.39, 0.29) is 0 Å². The highest BCUT2D eigenvalue weighted by Crippen LogP contribution is 2.35. The van der Waals surface area contributed by atoms with Crippen molar-refractivity contribution < 1.29 is 9.47 Å². The van der Waals surface area contributed by atoms with Crippen LogP contribution in [0.4, 0.5) is 0 Å². The van der Waals surface area contributed by atoms with Gasteiger partial charge in [-0.2, -0.15) is 0 Å². The zero-order valence-electron chi connectivity index (χ0n) is 11.3. The van der Waals surface area contributed by atoms with Crippen molar-refractivity contribution in [1.29, 1.82) is 0 Å². The number of halogens is 1. The average Bonchev–Trinajstić information content (AvgIpc) is 2.46. The van der Waals surface area contributed by atoms with Crippen LogP contribution in [0.2, 0.25) is 5.02 Å². The normalized spacial score (nSPS) is 10.9. The average molecular weight is 288 g/mol. The summed E-state index contributed by atoms with van der Waals surface area (Å²) in [6, 6.07) is 11.4. The molecule has 0 amide bonds. The minimum absolute atomic E-state index is 0.591. The Morgan fingerprint density at radius 3 is 2.65 bits per heavy atom. The Kier molecular flexibility index (Phi) is 3.36. The van der Waals surface area contributed by atoms with E-state index in [0.717, 1.165) is 33.3 Å². The second-order valence-corrected chi connectivity index (χ2v) is 4.85. The van der Waals surface area contributed by atoms with E-state index in [4.69, 9.17) is 21.1 Å². The van der Waals surface area contributed by atoms with E-state index in [0.29, 0.717) is 11.6 Å². The predicted molar refractivity (Wildman–Crippen MR) is 82.0 cm³/mol. The fourth-order valence-corrected chi connectivity index (χ4v) is 2.45. The Hall–Kier alpha value is -2.00. The van der Waals surface area contributed by atoms with Gasteiger partial charge in [0.05, 0.1) is 24.8 Å². The van der Waals surface area contributed by atoms with Crippen molar-refractivity contribution in [2.45, 2.75) is 6.92 Å². The summed E-state index contributed by atoms with van der Waals surface area (Å²) < 4.78 is 11.1. The van der Waals surface area contributed by atoms with E-state index in [2.05, 4.69) is 4.98 Å². The molecule has 0 fully saturated rings. The number of benzene rings is 2. The molecule has 0 saturated heterocycles. The first kappa shape index (κ1) is 13.0. The van der Waals surface area contributed by atoms with Crippen LogP contribution in [0.5, 0.6) is 11.5 Å². The van der Waals surface area contributed by atoms with E-state index in [1.165, 1.54) is 0 Å². The highest BCUT2D eigenvalue weighted by atomic mass is 35.5. The van der Waals surface area contributed by atoms with Crippen molar-refractivity contribution in [3.63, 3.8) is 0 Å². The molecule has 4 heteroatoms. The van der Waals surface area contributed by atoms with Crippen LogP contribution in [0.15, 0.2) is 36.4 Å². The van der Waals surface area contributed by atoms with Crippen LogP contribution in [0.25, 0.3) is 21.8 Å². The number of methoxy groups -OCH3 is 1. The van der Waals surface area contributed by atoms with Gasteiger partial charge in [0.2, 0.25) is 0 Å². The zero-order valence-corrected chi connectivity index (χ0v) is 12.1. The molecular weight excluding hydrogens is 274 g/mol. The van der Waals surface area contributed by atoms with Crippen molar-refractivity contribution in [2.24, 2.45) is 0 Å². The van der Waals surface area contributed by atoms with Gasteiger partial charge in [0.25, 0.3) is 0 Å². The molecule has 2 aromatic carbocycles. The third kappa shape index (κ3) is 2.14. The molecule has 0 spiro atoms. The van der Waals surface area contributed by atoms with Gasteiger partial charge in [-0.25, -0.2) is 4.98 Å². The van der Waals surface area contributed by atoms with Crippen molar-refractivity contribution >= 4 is 33.4 Å². The summed E-state index contributed by atoms with van der Waals surface area (Å²) in [5, 5.41) is 2.57. The molecule has 0 atom stereocenters. The number of fused-ring (bicyclic) bond motifs is 2. The molecule has 3 nitrogen and oxygen atoms in total. The lowest BCUT2D eigenvalue weighted by Crippen LogP contribution is -1.96. The van der Waals surface area contributed by atoms with Gasteiger partial charge < -0.3 is 9.47 Å². The predicted octanol–water partition coefficient (Wildman–Crippen LogP) is 4.45. The number of ether oxygens (including phenoxy) is 2. The largest absolute Gasteiger partial charge is 0.497 e. The van der Waals surface area contributed by atoms with Crippen LogP contribution in [0.3, 0.4) is 0 Å². The van der Waals surface area contributed by atoms with Gasteiger partial charge in [-0.15, -0.1) is 0 Å². The minimum Gasteiger partial charge on any atom is -0.497 e. The first-order valence-corrected chi connectivity index (χ1v) is 6.80. The number of hydrogen-bond acceptors (Lipinski definition) is 3. The zero-order chi connectivity index (χ0) is 14.1. The standard InChI is InChI=1S/C16H14ClNO2/c1-3-20-16-12-6-4-10(17)8-15(12)18-14-7-5-11(19-2)9-13(14)16/h4-9H,3H2,1-2H3. The Morgan fingerprint density at radius 1 is 1.05 bits per heavy atom. The Bertz CT molecular complexity index is 786. The van der Waals surface area contributed by atoms with Gasteiger partial charge in [0.15, 0.2) is 0 Å². The molecule has 1 heterocycles. The Balaban J connectivity index is 2.41. The van der Waals surface area contributed by atoms with Gasteiger partial charge in [-0.05, 0) is 43.3 Å². The maximum atomic E-state index is 6.05. The van der Waals surface area contributed by atoms with Crippen molar-refractivity contribution in [2.75, 3.05) is 13.7 Å². The third-order valence-corrected chi connectivity index (χ3v) is 3.42. The van der Waals surface area contributed by atoms with Crippen LogP contribution >= 0.6 is 11.6 Å². The van der Waals surface area contributed by atoms with Crippen LogP contribution in [0, 0.1) is 0 Å². The molecule has 0 bridgehead atoms. The summed E-state index contributed by atoms with van der Waals surface area (Å²) in [5.74, 6) is 1.61. The van der Waals surface area contributed by atoms with Crippen LogP contribution in [-0.2, 0) is 0 Å². The molecule has 0 radical (unpaired) electrons. The van der Waals surface area contributed by atoms with Crippen LogP contribution < -0.4 is 9.47 Å².